The summed E-state index contributed by atoms with van der Waals surface area (Å²) in [7, 11) is 9.19. The van der Waals surface area contributed by atoms with Crippen LogP contribution >= 0.6 is 0 Å². The molecule has 0 bridgehead atoms. The Morgan fingerprint density at radius 2 is 2.00 bits per heavy atom. The summed E-state index contributed by atoms with van der Waals surface area (Å²) in [6, 6.07) is 10.4. The van der Waals surface area contributed by atoms with Crippen LogP contribution in [0.5, 0.6) is 0 Å². The van der Waals surface area contributed by atoms with Gasteiger partial charge in [-0.2, -0.15) is 5.26 Å². The Morgan fingerprint density at radius 3 is 2.57 bits per heavy atom. The van der Waals surface area contributed by atoms with Crippen LogP contribution in [-0.2, 0) is 16.0 Å². The molecule has 1 N–H and O–H groups in total. The van der Waals surface area contributed by atoms with E-state index in [-0.39, 0.29) is 0 Å². The van der Waals surface area contributed by atoms with Crippen molar-refractivity contribution in [2.75, 3.05) is 58.7 Å². The molecule has 30 heavy (non-hydrogen) atoms. The highest BCUT2D eigenvalue weighted by molar-refractivity contribution is 5.75. The Bertz CT molecular complexity index is 947. The molecule has 2 heterocycles. The normalized spacial score (nSPS) is 15.8. The number of nitrogens with one attached hydrogen (secondary N) is 1. The molecule has 7 nitrogen and oxygen atoms in total. The molecule has 0 saturated carbocycles. The first-order valence-corrected chi connectivity index (χ1v) is 10.1. The molecule has 0 atom stereocenters. The second-order valence-electron chi connectivity index (χ2n) is 7.93. The van der Waals surface area contributed by atoms with Crippen molar-refractivity contribution < 1.29 is 9.47 Å². The van der Waals surface area contributed by atoms with Gasteiger partial charge in [-0.15, -0.1) is 0 Å². The number of anilines is 2. The van der Waals surface area contributed by atoms with Gasteiger partial charge in [-0.1, -0.05) is 0 Å². The Balaban J connectivity index is 1.97. The molecule has 0 spiro atoms. The number of rotatable bonds is 7. The second kappa shape index (κ2) is 9.00. The maximum absolute atomic E-state index is 9.75. The molecule has 2 aromatic rings. The van der Waals surface area contributed by atoms with Crippen molar-refractivity contribution in [2.45, 2.75) is 25.7 Å². The number of ether oxygens (including phenoxy) is 2. The van der Waals surface area contributed by atoms with Gasteiger partial charge in [0.05, 0.1) is 29.6 Å². The minimum Gasteiger partial charge on any atom is -0.385 e. The van der Waals surface area contributed by atoms with Gasteiger partial charge in [0.1, 0.15) is 0 Å². The van der Waals surface area contributed by atoms with Crippen LogP contribution in [0.15, 0.2) is 24.3 Å². The largest absolute Gasteiger partial charge is 0.385 e. The van der Waals surface area contributed by atoms with Gasteiger partial charge < -0.3 is 19.7 Å². The molecule has 0 aliphatic carbocycles. The summed E-state index contributed by atoms with van der Waals surface area (Å²) >= 11 is 0. The van der Waals surface area contributed by atoms with E-state index < -0.39 is 5.79 Å². The molecule has 1 saturated heterocycles. The Kier molecular flexibility index (Phi) is 6.61. The maximum Gasteiger partial charge on any atom is 0.181 e. The fourth-order valence-electron chi connectivity index (χ4n) is 3.98. The summed E-state index contributed by atoms with van der Waals surface area (Å²) < 4.78 is 11.2. The summed E-state index contributed by atoms with van der Waals surface area (Å²) in [6.45, 7) is 4.44. The van der Waals surface area contributed by atoms with Crippen LogP contribution in [0.3, 0.4) is 0 Å². The van der Waals surface area contributed by atoms with Crippen molar-refractivity contribution in [1.82, 2.24) is 9.88 Å². The fourth-order valence-corrected chi connectivity index (χ4v) is 3.98. The Labute approximate surface area is 179 Å². The first-order valence-electron chi connectivity index (χ1n) is 10.1. The number of aromatic nitrogens is 1. The quantitative estimate of drug-likeness (QED) is 0.704. The van der Waals surface area contributed by atoms with E-state index in [9.17, 15) is 5.26 Å². The van der Waals surface area contributed by atoms with Crippen molar-refractivity contribution >= 4 is 11.5 Å². The monoisotopic (exact) mass is 409 g/mol. The van der Waals surface area contributed by atoms with Crippen molar-refractivity contribution in [1.29, 1.82) is 5.26 Å². The van der Waals surface area contributed by atoms with E-state index >= 15 is 0 Å². The zero-order chi connectivity index (χ0) is 21.9. The Morgan fingerprint density at radius 1 is 1.27 bits per heavy atom. The number of hydrogen-bond donors (Lipinski definition) is 1. The molecule has 1 aliphatic rings. The van der Waals surface area contributed by atoms with E-state index in [0.717, 1.165) is 47.8 Å². The number of pyridine rings is 1. The van der Waals surface area contributed by atoms with E-state index in [1.807, 2.05) is 44.2 Å². The van der Waals surface area contributed by atoms with Gasteiger partial charge >= 0.3 is 0 Å². The van der Waals surface area contributed by atoms with Crippen LogP contribution in [0.1, 0.15) is 23.1 Å². The van der Waals surface area contributed by atoms with Crippen LogP contribution < -0.4 is 10.2 Å². The predicted octanol–water partition coefficient (Wildman–Crippen LogP) is 3.23. The average molecular weight is 410 g/mol. The minimum absolute atomic E-state index is 0.533. The summed E-state index contributed by atoms with van der Waals surface area (Å²) in [5.74, 6) is 0.305. The third kappa shape index (κ3) is 4.26. The highest BCUT2D eigenvalue weighted by Crippen LogP contribution is 2.32. The van der Waals surface area contributed by atoms with Crippen molar-refractivity contribution in [3.8, 4) is 17.3 Å². The first kappa shape index (κ1) is 22.0. The van der Waals surface area contributed by atoms with Crippen LogP contribution in [0.4, 0.5) is 11.5 Å². The summed E-state index contributed by atoms with van der Waals surface area (Å²) in [4.78, 5) is 9.13. The van der Waals surface area contributed by atoms with E-state index in [0.29, 0.717) is 12.1 Å². The molecule has 0 amide bonds. The third-order valence-corrected chi connectivity index (χ3v) is 5.85. The average Bonchev–Trinajstić information content (AvgIpc) is 3.18. The Hall–Kier alpha value is -2.66. The fraction of sp³-hybridized carbons (Fsp3) is 0.478. The van der Waals surface area contributed by atoms with Crippen molar-refractivity contribution in [3.63, 3.8) is 0 Å². The number of nitrogens with zero attached hydrogens (tertiary/aromatic N) is 4. The molecule has 1 aromatic carbocycles. The molecule has 1 fully saturated rings. The van der Waals surface area contributed by atoms with Crippen LogP contribution in [0, 0.1) is 18.3 Å². The predicted molar refractivity (Wildman–Crippen MR) is 120 cm³/mol. The number of hydrogen-bond acceptors (Lipinski definition) is 7. The van der Waals surface area contributed by atoms with E-state index in [1.165, 1.54) is 5.56 Å². The van der Waals surface area contributed by atoms with E-state index in [4.69, 9.17) is 14.5 Å². The van der Waals surface area contributed by atoms with Gasteiger partial charge in [0.15, 0.2) is 11.6 Å². The smallest absolute Gasteiger partial charge is 0.181 e. The lowest BCUT2D eigenvalue weighted by Gasteiger charge is -2.26. The van der Waals surface area contributed by atoms with E-state index in [1.54, 1.807) is 14.2 Å². The number of aryl methyl sites for hydroxylation is 1. The molecule has 0 radical (unpaired) electrons. The van der Waals surface area contributed by atoms with E-state index in [2.05, 4.69) is 29.3 Å². The highest BCUT2D eigenvalue weighted by atomic mass is 16.7. The zero-order valence-corrected chi connectivity index (χ0v) is 18.7. The minimum atomic E-state index is -0.533. The van der Waals surface area contributed by atoms with Crippen molar-refractivity contribution in [3.05, 3.63) is 41.0 Å². The molecule has 7 heteroatoms. The second-order valence-corrected chi connectivity index (χ2v) is 7.93. The lowest BCUT2D eigenvalue weighted by Crippen LogP contribution is -2.37. The van der Waals surface area contributed by atoms with Gasteiger partial charge in [-0.05, 0) is 42.3 Å². The molecule has 1 aromatic heterocycles. The van der Waals surface area contributed by atoms with Crippen LogP contribution in [-0.4, -0.2) is 64.1 Å². The van der Waals surface area contributed by atoms with Gasteiger partial charge in [0.25, 0.3) is 0 Å². The standard InChI is InChI=1S/C23H31N5O2/c1-16-11-17(13-24)19(20-7-8-21(25-2)22(26-20)27(3)4)12-18(16)14-28-10-9-23(15-28,29-5)30-6/h7-8,11-12,25H,9-10,14-15H2,1-6H3. The van der Waals surface area contributed by atoms with Crippen LogP contribution in [0.25, 0.3) is 11.3 Å². The van der Waals surface area contributed by atoms with Crippen LogP contribution in [0.2, 0.25) is 0 Å². The summed E-state index contributed by atoms with van der Waals surface area (Å²) in [6.07, 6.45) is 0.835. The lowest BCUT2D eigenvalue weighted by atomic mass is 9.97. The van der Waals surface area contributed by atoms with Gasteiger partial charge in [0.2, 0.25) is 0 Å². The topological polar surface area (TPSA) is 73.6 Å². The molecular formula is C23H31N5O2. The molecule has 160 valence electrons. The number of nitriles is 1. The SMILES string of the molecule is CNc1ccc(-c2cc(CN3CCC(OC)(OC)C3)c(C)cc2C#N)nc1N(C)C. The number of benzene rings is 1. The summed E-state index contributed by atoms with van der Waals surface area (Å²) in [5.41, 5.74) is 5.51. The van der Waals surface area contributed by atoms with Crippen molar-refractivity contribution in [2.24, 2.45) is 0 Å². The summed E-state index contributed by atoms with van der Waals surface area (Å²) in [5, 5.41) is 12.9. The van der Waals surface area contributed by atoms with Gasteiger partial charge in [0, 0.05) is 60.4 Å². The first-order chi connectivity index (χ1) is 14.4. The lowest BCUT2D eigenvalue weighted by molar-refractivity contribution is -0.195. The molecular weight excluding hydrogens is 378 g/mol. The van der Waals surface area contributed by atoms with Gasteiger partial charge in [-0.3, -0.25) is 4.90 Å². The maximum atomic E-state index is 9.75. The number of methoxy groups -OCH3 is 2. The zero-order valence-electron chi connectivity index (χ0n) is 18.7. The molecule has 3 rings (SSSR count). The molecule has 0 unspecified atom stereocenters. The number of likely N-dealkylation sites (tertiary alicyclic amines) is 1. The van der Waals surface area contributed by atoms with Gasteiger partial charge in [-0.25, -0.2) is 4.98 Å². The molecule has 1 aliphatic heterocycles. The third-order valence-electron chi connectivity index (χ3n) is 5.85. The highest BCUT2D eigenvalue weighted by Gasteiger charge is 2.38.